The predicted molar refractivity (Wildman–Crippen MR) is 73.9 cm³/mol. The van der Waals surface area contributed by atoms with E-state index in [-0.39, 0.29) is 5.91 Å². The first kappa shape index (κ1) is 11.4. The molecule has 0 atom stereocenters. The monoisotopic (exact) mass is 258 g/mol. The van der Waals surface area contributed by atoms with E-state index in [0.29, 0.717) is 6.42 Å². The van der Waals surface area contributed by atoms with Crippen LogP contribution in [0.2, 0.25) is 0 Å². The van der Waals surface area contributed by atoms with E-state index in [1.807, 2.05) is 13.0 Å². The number of amides is 1. The van der Waals surface area contributed by atoms with Crippen LogP contribution in [0.5, 0.6) is 0 Å². The van der Waals surface area contributed by atoms with Gasteiger partial charge in [-0.2, -0.15) is 0 Å². The lowest BCUT2D eigenvalue weighted by atomic mass is 10.1. The van der Waals surface area contributed by atoms with Crippen LogP contribution in [0.4, 0.5) is 5.13 Å². The Kier molecular flexibility index (Phi) is 2.88. The Balaban J connectivity index is 1.86. The van der Waals surface area contributed by atoms with Crippen molar-refractivity contribution in [2.45, 2.75) is 26.2 Å². The number of thiazole rings is 1. The highest BCUT2D eigenvalue weighted by Crippen LogP contribution is 2.40. The van der Waals surface area contributed by atoms with Crippen LogP contribution >= 0.6 is 11.3 Å². The number of hydrogen-bond donors (Lipinski definition) is 1. The molecule has 1 heterocycles. The van der Waals surface area contributed by atoms with Crippen molar-refractivity contribution in [1.29, 1.82) is 0 Å². The van der Waals surface area contributed by atoms with E-state index in [2.05, 4.69) is 28.5 Å². The van der Waals surface area contributed by atoms with Crippen LogP contribution < -0.4 is 5.32 Å². The van der Waals surface area contributed by atoms with Gasteiger partial charge in [0.25, 0.3) is 0 Å². The number of rotatable bonds is 3. The lowest BCUT2D eigenvalue weighted by Crippen LogP contribution is -2.10. The highest BCUT2D eigenvalue weighted by atomic mass is 32.1. The lowest BCUT2D eigenvalue weighted by Gasteiger charge is -2.00. The highest BCUT2D eigenvalue weighted by molar-refractivity contribution is 7.16. The number of anilines is 1. The quantitative estimate of drug-likeness (QED) is 0.781. The van der Waals surface area contributed by atoms with Gasteiger partial charge >= 0.3 is 0 Å². The maximum Gasteiger partial charge on any atom is 0.226 e. The molecule has 1 aliphatic carbocycles. The van der Waals surface area contributed by atoms with E-state index in [9.17, 15) is 4.79 Å². The molecule has 0 saturated heterocycles. The summed E-state index contributed by atoms with van der Waals surface area (Å²) in [6.45, 7) is 2.00. The molecule has 0 fully saturated rings. The Labute approximate surface area is 110 Å². The fourth-order valence-electron chi connectivity index (χ4n) is 2.22. The summed E-state index contributed by atoms with van der Waals surface area (Å²) in [7, 11) is 0. The van der Waals surface area contributed by atoms with Crippen molar-refractivity contribution in [3.63, 3.8) is 0 Å². The number of aromatic nitrogens is 1. The molecule has 0 aliphatic heterocycles. The van der Waals surface area contributed by atoms with Crippen LogP contribution in [0.3, 0.4) is 0 Å². The second-order valence-corrected chi connectivity index (χ2v) is 5.51. The molecule has 1 amide bonds. The van der Waals surface area contributed by atoms with Crippen LogP contribution in [-0.2, 0) is 11.2 Å². The first-order valence-corrected chi connectivity index (χ1v) is 6.97. The van der Waals surface area contributed by atoms with Crippen LogP contribution in [-0.4, -0.2) is 10.9 Å². The Bertz CT molecular complexity index is 604. The molecule has 92 valence electrons. The molecule has 0 spiro atoms. The molecule has 1 aromatic carbocycles. The van der Waals surface area contributed by atoms with Gasteiger partial charge in [0.2, 0.25) is 5.91 Å². The number of fused-ring (bicyclic) bond motifs is 3. The third-order valence-electron chi connectivity index (χ3n) is 3.04. The molecule has 1 aliphatic rings. The highest BCUT2D eigenvalue weighted by Gasteiger charge is 2.23. The van der Waals surface area contributed by atoms with E-state index >= 15 is 0 Å². The normalized spacial score (nSPS) is 12.1. The van der Waals surface area contributed by atoms with Gasteiger partial charge in [0, 0.05) is 23.3 Å². The fourth-order valence-corrected chi connectivity index (χ4v) is 3.24. The molecule has 2 aromatic rings. The third kappa shape index (κ3) is 1.93. The van der Waals surface area contributed by atoms with Gasteiger partial charge in [0.15, 0.2) is 5.13 Å². The van der Waals surface area contributed by atoms with Crippen molar-refractivity contribution in [1.82, 2.24) is 4.98 Å². The van der Waals surface area contributed by atoms with Crippen molar-refractivity contribution >= 4 is 22.4 Å². The molecule has 3 rings (SSSR count). The number of hydrogen-bond acceptors (Lipinski definition) is 3. The maximum atomic E-state index is 11.5. The zero-order chi connectivity index (χ0) is 12.5. The minimum atomic E-state index is 0.0539. The molecule has 0 unspecified atom stereocenters. The van der Waals surface area contributed by atoms with Gasteiger partial charge < -0.3 is 5.32 Å². The number of nitrogens with zero attached hydrogens (tertiary/aromatic N) is 1. The van der Waals surface area contributed by atoms with E-state index in [4.69, 9.17) is 0 Å². The van der Waals surface area contributed by atoms with Gasteiger partial charge in [-0.15, -0.1) is 11.3 Å². The molecular formula is C14H14N2OS. The number of benzene rings is 1. The summed E-state index contributed by atoms with van der Waals surface area (Å²) in [5, 5.41) is 3.60. The van der Waals surface area contributed by atoms with Crippen molar-refractivity contribution in [2.24, 2.45) is 0 Å². The van der Waals surface area contributed by atoms with E-state index in [1.165, 1.54) is 16.0 Å². The molecular weight excluding hydrogens is 244 g/mol. The Morgan fingerprint density at radius 3 is 3.11 bits per heavy atom. The molecule has 18 heavy (non-hydrogen) atoms. The summed E-state index contributed by atoms with van der Waals surface area (Å²) in [5.74, 6) is 0.0539. The third-order valence-corrected chi connectivity index (χ3v) is 4.02. The van der Waals surface area contributed by atoms with Gasteiger partial charge in [-0.25, -0.2) is 4.98 Å². The fraction of sp³-hybridized carbons (Fsp3) is 0.286. The summed E-state index contributed by atoms with van der Waals surface area (Å²) in [5.41, 5.74) is 3.58. The minimum absolute atomic E-state index is 0.0539. The van der Waals surface area contributed by atoms with Crippen molar-refractivity contribution in [3.8, 4) is 11.3 Å². The number of nitrogens with one attached hydrogen (secondary N) is 1. The standard InChI is InChI=1S/C14H14N2OS/c1-2-5-12(17)15-14-16-13-10-7-4-3-6-9(10)8-11(13)18-14/h3-4,6-7H,2,5,8H2,1H3,(H,15,16,17). The molecule has 0 saturated carbocycles. The van der Waals surface area contributed by atoms with Crippen molar-refractivity contribution < 1.29 is 4.79 Å². The van der Waals surface area contributed by atoms with Crippen molar-refractivity contribution in [2.75, 3.05) is 5.32 Å². The van der Waals surface area contributed by atoms with Crippen LogP contribution in [0.15, 0.2) is 24.3 Å². The minimum Gasteiger partial charge on any atom is -0.302 e. The van der Waals surface area contributed by atoms with Gasteiger partial charge in [0.1, 0.15) is 0 Å². The number of carbonyl (C=O) groups excluding carboxylic acids is 1. The van der Waals surface area contributed by atoms with Gasteiger partial charge in [-0.3, -0.25) is 4.79 Å². The molecule has 0 bridgehead atoms. The molecule has 1 aromatic heterocycles. The van der Waals surface area contributed by atoms with Crippen LogP contribution in [0.25, 0.3) is 11.3 Å². The molecule has 1 N–H and O–H groups in total. The zero-order valence-corrected chi connectivity index (χ0v) is 11.0. The number of carbonyl (C=O) groups is 1. The van der Waals surface area contributed by atoms with Crippen LogP contribution in [0, 0.1) is 0 Å². The zero-order valence-electron chi connectivity index (χ0n) is 10.2. The largest absolute Gasteiger partial charge is 0.302 e. The summed E-state index contributed by atoms with van der Waals surface area (Å²) in [6, 6.07) is 8.32. The first-order chi connectivity index (χ1) is 8.78. The van der Waals surface area contributed by atoms with E-state index in [1.54, 1.807) is 11.3 Å². The molecule has 0 radical (unpaired) electrons. The van der Waals surface area contributed by atoms with E-state index in [0.717, 1.165) is 23.7 Å². The average Bonchev–Trinajstić information content (AvgIpc) is 2.86. The lowest BCUT2D eigenvalue weighted by molar-refractivity contribution is -0.116. The first-order valence-electron chi connectivity index (χ1n) is 6.15. The summed E-state index contributed by atoms with van der Waals surface area (Å²) in [4.78, 5) is 17.3. The van der Waals surface area contributed by atoms with E-state index < -0.39 is 0 Å². The molecule has 3 nitrogen and oxygen atoms in total. The second-order valence-electron chi connectivity index (χ2n) is 4.42. The van der Waals surface area contributed by atoms with Crippen molar-refractivity contribution in [3.05, 3.63) is 34.7 Å². The SMILES string of the molecule is CCCC(=O)Nc1nc2c(s1)Cc1ccccc1-2. The maximum absolute atomic E-state index is 11.5. The second kappa shape index (κ2) is 4.53. The Morgan fingerprint density at radius 1 is 1.44 bits per heavy atom. The smallest absolute Gasteiger partial charge is 0.226 e. The Morgan fingerprint density at radius 2 is 2.28 bits per heavy atom. The summed E-state index contributed by atoms with van der Waals surface area (Å²) >= 11 is 1.59. The topological polar surface area (TPSA) is 42.0 Å². The van der Waals surface area contributed by atoms with Gasteiger partial charge in [-0.05, 0) is 12.0 Å². The predicted octanol–water partition coefficient (Wildman–Crippen LogP) is 3.45. The van der Waals surface area contributed by atoms with Gasteiger partial charge in [-0.1, -0.05) is 31.2 Å². The summed E-state index contributed by atoms with van der Waals surface area (Å²) < 4.78 is 0. The average molecular weight is 258 g/mol. The summed E-state index contributed by atoms with van der Waals surface area (Å²) in [6.07, 6.45) is 2.35. The van der Waals surface area contributed by atoms with Gasteiger partial charge in [0.05, 0.1) is 5.69 Å². The van der Waals surface area contributed by atoms with Crippen LogP contribution in [0.1, 0.15) is 30.2 Å². The molecule has 4 heteroatoms. The Hall–Kier alpha value is -1.68.